The molecule has 0 radical (unpaired) electrons. The zero-order valence-corrected chi connectivity index (χ0v) is 12.9. The van der Waals surface area contributed by atoms with Crippen molar-refractivity contribution in [3.63, 3.8) is 0 Å². The highest BCUT2D eigenvalue weighted by atomic mass is 32.1. The van der Waals surface area contributed by atoms with Crippen molar-refractivity contribution in [1.82, 2.24) is 0 Å². The van der Waals surface area contributed by atoms with E-state index >= 15 is 0 Å². The number of cyclic esters (lactones) is 1. The summed E-state index contributed by atoms with van der Waals surface area (Å²) in [4.78, 5) is 17.0. The summed E-state index contributed by atoms with van der Waals surface area (Å²) in [7, 11) is 0. The zero-order valence-electron chi connectivity index (χ0n) is 12.1. The second kappa shape index (κ2) is 6.58. The fourth-order valence-corrected chi connectivity index (χ4v) is 2.60. The van der Waals surface area contributed by atoms with Gasteiger partial charge in [-0.15, -0.1) is 11.3 Å². The molecule has 112 valence electrons. The lowest BCUT2D eigenvalue weighted by molar-refractivity contribution is -0.129. The van der Waals surface area contributed by atoms with E-state index in [1.165, 1.54) is 11.3 Å². The largest absolute Gasteiger partial charge is 0.494 e. The Morgan fingerprint density at radius 2 is 2.09 bits per heavy atom. The molecule has 4 nitrogen and oxygen atoms in total. The topological polar surface area (TPSA) is 47.9 Å². The van der Waals surface area contributed by atoms with Crippen LogP contribution in [0.4, 0.5) is 0 Å². The van der Waals surface area contributed by atoms with Crippen LogP contribution in [0.15, 0.2) is 52.5 Å². The van der Waals surface area contributed by atoms with Gasteiger partial charge in [-0.2, -0.15) is 0 Å². The maximum Gasteiger partial charge on any atom is 0.363 e. The van der Waals surface area contributed by atoms with E-state index in [1.54, 1.807) is 6.08 Å². The number of rotatable bonds is 5. The number of carbonyl (C=O) groups is 1. The van der Waals surface area contributed by atoms with Gasteiger partial charge >= 0.3 is 5.97 Å². The lowest BCUT2D eigenvalue weighted by atomic mass is 10.2. The van der Waals surface area contributed by atoms with Gasteiger partial charge in [0.15, 0.2) is 5.70 Å². The maximum absolute atomic E-state index is 11.9. The summed E-state index contributed by atoms with van der Waals surface area (Å²) in [5, 5.41) is 1.92. The quantitative estimate of drug-likeness (QED) is 0.621. The number of aliphatic imine (C=N–C) groups is 1. The van der Waals surface area contributed by atoms with Crippen LogP contribution in [0.2, 0.25) is 0 Å². The van der Waals surface area contributed by atoms with E-state index in [1.807, 2.05) is 41.8 Å². The van der Waals surface area contributed by atoms with Gasteiger partial charge in [-0.1, -0.05) is 25.1 Å². The number of carbonyl (C=O) groups excluding carboxylic acids is 1. The smallest absolute Gasteiger partial charge is 0.363 e. The first-order valence-corrected chi connectivity index (χ1v) is 7.93. The van der Waals surface area contributed by atoms with Crippen molar-refractivity contribution in [2.45, 2.75) is 13.3 Å². The third kappa shape index (κ3) is 3.26. The van der Waals surface area contributed by atoms with Crippen LogP contribution >= 0.6 is 11.3 Å². The van der Waals surface area contributed by atoms with E-state index in [0.717, 1.165) is 22.6 Å². The normalized spacial score (nSPS) is 15.8. The van der Waals surface area contributed by atoms with Crippen molar-refractivity contribution in [2.24, 2.45) is 4.99 Å². The molecule has 1 aromatic heterocycles. The van der Waals surface area contributed by atoms with Gasteiger partial charge in [-0.3, -0.25) is 0 Å². The van der Waals surface area contributed by atoms with Gasteiger partial charge in [-0.25, -0.2) is 9.79 Å². The van der Waals surface area contributed by atoms with Crippen LogP contribution in [-0.2, 0) is 9.53 Å². The molecule has 0 atom stereocenters. The lowest BCUT2D eigenvalue weighted by Gasteiger charge is -2.04. The Kier molecular flexibility index (Phi) is 4.34. The molecular formula is C17H15NO3S. The van der Waals surface area contributed by atoms with Crippen molar-refractivity contribution in [3.8, 4) is 5.75 Å². The van der Waals surface area contributed by atoms with Crippen LogP contribution in [-0.4, -0.2) is 18.5 Å². The molecule has 5 heteroatoms. The molecule has 1 aliphatic rings. The summed E-state index contributed by atoms with van der Waals surface area (Å²) in [6.45, 7) is 2.76. The summed E-state index contributed by atoms with van der Waals surface area (Å²) < 4.78 is 10.7. The second-order valence-corrected chi connectivity index (χ2v) is 5.68. The van der Waals surface area contributed by atoms with Crippen molar-refractivity contribution in [1.29, 1.82) is 0 Å². The van der Waals surface area contributed by atoms with E-state index < -0.39 is 5.97 Å². The van der Waals surface area contributed by atoms with Gasteiger partial charge in [-0.05, 0) is 41.6 Å². The Bertz CT molecular complexity index is 715. The maximum atomic E-state index is 11.9. The number of thiophene rings is 1. The predicted octanol–water partition coefficient (Wildman–Crippen LogP) is 3.88. The second-order valence-electron chi connectivity index (χ2n) is 4.73. The Morgan fingerprint density at radius 3 is 2.77 bits per heavy atom. The molecule has 2 heterocycles. The van der Waals surface area contributed by atoms with Gasteiger partial charge in [0.05, 0.1) is 11.5 Å². The number of hydrogen-bond donors (Lipinski definition) is 0. The number of hydrogen-bond acceptors (Lipinski definition) is 5. The first kappa shape index (κ1) is 14.5. The standard InChI is InChI=1S/C17H15NO3S/c1-2-9-20-13-7-5-12(6-8-13)11-14-17(19)21-16(18-14)15-4-3-10-22-15/h3-8,10-11H,2,9H2,1H3/b14-11-. The van der Waals surface area contributed by atoms with E-state index in [4.69, 9.17) is 9.47 Å². The summed E-state index contributed by atoms with van der Waals surface area (Å²) in [6, 6.07) is 11.3. The van der Waals surface area contributed by atoms with Crippen LogP contribution in [0.1, 0.15) is 23.8 Å². The lowest BCUT2D eigenvalue weighted by Crippen LogP contribution is -2.03. The van der Waals surface area contributed by atoms with Crippen LogP contribution in [0.3, 0.4) is 0 Å². The molecule has 0 amide bonds. The molecule has 0 unspecified atom stereocenters. The van der Waals surface area contributed by atoms with Crippen LogP contribution in [0.5, 0.6) is 5.75 Å². The average Bonchev–Trinajstić information content (AvgIpc) is 3.17. The van der Waals surface area contributed by atoms with E-state index in [9.17, 15) is 4.79 Å². The van der Waals surface area contributed by atoms with E-state index in [2.05, 4.69) is 11.9 Å². The molecule has 0 aliphatic carbocycles. The van der Waals surface area contributed by atoms with Gasteiger partial charge < -0.3 is 9.47 Å². The van der Waals surface area contributed by atoms with Crippen LogP contribution in [0.25, 0.3) is 6.08 Å². The number of nitrogens with zero attached hydrogens (tertiary/aromatic N) is 1. The SMILES string of the molecule is CCCOc1ccc(/C=C2\N=C(c3cccs3)OC2=O)cc1. The van der Waals surface area contributed by atoms with Crippen LogP contribution < -0.4 is 4.74 Å². The summed E-state index contributed by atoms with van der Waals surface area (Å²) in [6.07, 6.45) is 2.68. The first-order chi connectivity index (χ1) is 10.8. The molecule has 0 saturated heterocycles. The summed E-state index contributed by atoms with van der Waals surface area (Å²) >= 11 is 1.49. The molecule has 1 aliphatic heterocycles. The zero-order chi connectivity index (χ0) is 15.4. The Morgan fingerprint density at radius 1 is 1.27 bits per heavy atom. The van der Waals surface area contributed by atoms with Gasteiger partial charge in [0.1, 0.15) is 5.75 Å². The molecule has 0 fully saturated rings. The molecular weight excluding hydrogens is 298 g/mol. The fourth-order valence-electron chi connectivity index (χ4n) is 1.95. The minimum absolute atomic E-state index is 0.311. The Hall–Kier alpha value is -2.40. The molecule has 0 spiro atoms. The molecule has 3 rings (SSSR count). The Labute approximate surface area is 132 Å². The average molecular weight is 313 g/mol. The first-order valence-electron chi connectivity index (χ1n) is 7.05. The highest BCUT2D eigenvalue weighted by Gasteiger charge is 2.24. The molecule has 0 saturated carbocycles. The third-order valence-electron chi connectivity index (χ3n) is 3.01. The minimum atomic E-state index is -0.422. The van der Waals surface area contributed by atoms with E-state index in [-0.39, 0.29) is 0 Å². The minimum Gasteiger partial charge on any atom is -0.494 e. The Balaban J connectivity index is 1.78. The van der Waals surface area contributed by atoms with Gasteiger partial charge in [0, 0.05) is 0 Å². The number of benzene rings is 1. The highest BCUT2D eigenvalue weighted by Crippen LogP contribution is 2.22. The highest BCUT2D eigenvalue weighted by molar-refractivity contribution is 7.12. The molecule has 2 aromatic rings. The molecule has 0 bridgehead atoms. The number of ether oxygens (including phenoxy) is 2. The third-order valence-corrected chi connectivity index (χ3v) is 3.87. The van der Waals surface area contributed by atoms with Crippen molar-refractivity contribution in [3.05, 3.63) is 57.9 Å². The van der Waals surface area contributed by atoms with Gasteiger partial charge in [0.25, 0.3) is 0 Å². The predicted molar refractivity (Wildman–Crippen MR) is 87.2 cm³/mol. The van der Waals surface area contributed by atoms with Crippen molar-refractivity contribution >= 4 is 29.3 Å². The number of esters is 1. The molecule has 22 heavy (non-hydrogen) atoms. The summed E-state index contributed by atoms with van der Waals surface area (Å²) in [5.74, 6) is 0.768. The van der Waals surface area contributed by atoms with Gasteiger partial charge in [0.2, 0.25) is 5.90 Å². The monoisotopic (exact) mass is 313 g/mol. The fraction of sp³-hybridized carbons (Fsp3) is 0.176. The molecule has 0 N–H and O–H groups in total. The molecule has 1 aromatic carbocycles. The van der Waals surface area contributed by atoms with Crippen molar-refractivity contribution < 1.29 is 14.3 Å². The van der Waals surface area contributed by atoms with Crippen LogP contribution in [0, 0.1) is 0 Å². The van der Waals surface area contributed by atoms with Crippen molar-refractivity contribution in [2.75, 3.05) is 6.61 Å². The van der Waals surface area contributed by atoms with E-state index in [0.29, 0.717) is 18.2 Å². The summed E-state index contributed by atoms with van der Waals surface area (Å²) in [5.41, 5.74) is 1.19.